The van der Waals surface area contributed by atoms with Gasteiger partial charge in [-0.05, 0) is 72.9 Å². The second-order valence-corrected chi connectivity index (χ2v) is 12.8. The summed E-state index contributed by atoms with van der Waals surface area (Å²) >= 11 is 0. The smallest absolute Gasteiger partial charge is 0.382 e. The number of nitrogens with zero attached hydrogens (tertiary/aromatic N) is 4. The van der Waals surface area contributed by atoms with Crippen LogP contribution in [0.2, 0.25) is 0 Å². The summed E-state index contributed by atoms with van der Waals surface area (Å²) in [6.45, 7) is 13.4. The van der Waals surface area contributed by atoms with E-state index in [0.29, 0.717) is 37.0 Å². The Morgan fingerprint density at radius 2 is 1.62 bits per heavy atom. The molecule has 3 aliphatic rings. The van der Waals surface area contributed by atoms with Crippen LogP contribution < -0.4 is 10.2 Å². The van der Waals surface area contributed by atoms with E-state index in [1.807, 2.05) is 4.90 Å². The van der Waals surface area contributed by atoms with Crippen LogP contribution in [-0.4, -0.2) is 72.5 Å². The van der Waals surface area contributed by atoms with Crippen molar-refractivity contribution in [3.05, 3.63) is 53.9 Å². The Labute approximate surface area is 235 Å². The molecule has 5 rings (SSSR count). The minimum Gasteiger partial charge on any atom is -0.382 e. The van der Waals surface area contributed by atoms with Crippen molar-refractivity contribution in [2.75, 3.05) is 56.0 Å². The Balaban J connectivity index is 0.994. The third kappa shape index (κ3) is 6.90. The number of hydrogen-bond donors (Lipinski definition) is 1. The molecule has 0 radical (unpaired) electrons. The van der Waals surface area contributed by atoms with Crippen LogP contribution in [0.5, 0.6) is 0 Å². The van der Waals surface area contributed by atoms with Gasteiger partial charge in [0, 0.05) is 69.3 Å². The van der Waals surface area contributed by atoms with Crippen molar-refractivity contribution in [3.63, 3.8) is 0 Å². The van der Waals surface area contributed by atoms with Gasteiger partial charge < -0.3 is 20.0 Å². The molecule has 218 valence electrons. The zero-order valence-electron chi connectivity index (χ0n) is 23.9. The lowest BCUT2D eigenvalue weighted by molar-refractivity contribution is -0.141. The Hall–Kier alpha value is -2.81. The number of nitrogens with one attached hydrogen (secondary N) is 1. The predicted octanol–water partition coefficient (Wildman–Crippen LogP) is 5.65. The summed E-state index contributed by atoms with van der Waals surface area (Å²) in [5, 5.41) is 3.19. The maximum absolute atomic E-state index is 12.9. The number of benzene rings is 1. The summed E-state index contributed by atoms with van der Waals surface area (Å²) in [5.41, 5.74) is 2.39. The summed E-state index contributed by atoms with van der Waals surface area (Å²) in [7, 11) is 0. The number of halogens is 3. The Morgan fingerprint density at radius 1 is 0.975 bits per heavy atom. The lowest BCUT2D eigenvalue weighted by Gasteiger charge is -2.33. The predicted molar refractivity (Wildman–Crippen MR) is 152 cm³/mol. The van der Waals surface area contributed by atoms with Gasteiger partial charge in [-0.1, -0.05) is 32.9 Å². The van der Waals surface area contributed by atoms with Crippen molar-refractivity contribution in [1.82, 2.24) is 14.8 Å². The monoisotopic (exact) mass is 557 g/mol. The number of piperidine rings is 1. The minimum absolute atomic E-state index is 0.0486. The summed E-state index contributed by atoms with van der Waals surface area (Å²) in [6.07, 6.45) is -0.415. The van der Waals surface area contributed by atoms with E-state index in [1.54, 1.807) is 6.07 Å². The van der Waals surface area contributed by atoms with Gasteiger partial charge in [0.2, 0.25) is 5.91 Å². The van der Waals surface area contributed by atoms with Crippen LogP contribution in [0.15, 0.2) is 42.6 Å². The summed E-state index contributed by atoms with van der Waals surface area (Å²) in [5.74, 6) is 1.57. The highest BCUT2D eigenvalue weighted by molar-refractivity contribution is 5.76. The van der Waals surface area contributed by atoms with Crippen molar-refractivity contribution >= 4 is 17.3 Å². The molecule has 1 aromatic carbocycles. The van der Waals surface area contributed by atoms with Crippen LogP contribution in [0.4, 0.5) is 24.5 Å². The van der Waals surface area contributed by atoms with Gasteiger partial charge in [-0.2, -0.15) is 13.2 Å². The number of pyridine rings is 1. The molecule has 2 unspecified atom stereocenters. The fraction of sp³-hybridized carbons (Fsp3) is 0.613. The number of carbonyl (C=O) groups is 1. The molecule has 40 heavy (non-hydrogen) atoms. The van der Waals surface area contributed by atoms with Gasteiger partial charge in [-0.25, -0.2) is 0 Å². The van der Waals surface area contributed by atoms with Gasteiger partial charge in [0.1, 0.15) is 5.69 Å². The molecular weight excluding hydrogens is 515 g/mol. The number of alkyl halides is 3. The number of carbonyl (C=O) groups excluding carboxylic acids is 1. The van der Waals surface area contributed by atoms with Gasteiger partial charge in [-0.3, -0.25) is 9.78 Å². The van der Waals surface area contributed by atoms with Gasteiger partial charge in [0.15, 0.2) is 0 Å². The van der Waals surface area contributed by atoms with E-state index < -0.39 is 11.9 Å². The van der Waals surface area contributed by atoms with Crippen LogP contribution in [-0.2, 0) is 16.4 Å². The van der Waals surface area contributed by atoms with E-state index in [4.69, 9.17) is 0 Å². The first-order valence-electron chi connectivity index (χ1n) is 14.6. The molecule has 4 heterocycles. The molecule has 0 bridgehead atoms. The molecule has 1 aromatic heterocycles. The maximum atomic E-state index is 12.9. The van der Waals surface area contributed by atoms with E-state index in [0.717, 1.165) is 58.1 Å². The highest BCUT2D eigenvalue weighted by atomic mass is 19.4. The highest BCUT2D eigenvalue weighted by Crippen LogP contribution is 2.35. The van der Waals surface area contributed by atoms with Crippen LogP contribution in [0.1, 0.15) is 57.7 Å². The van der Waals surface area contributed by atoms with Crippen molar-refractivity contribution in [2.45, 2.75) is 64.1 Å². The second-order valence-electron chi connectivity index (χ2n) is 12.8. The van der Waals surface area contributed by atoms with E-state index >= 15 is 0 Å². The molecule has 3 fully saturated rings. The summed E-state index contributed by atoms with van der Waals surface area (Å²) in [6, 6.07) is 11.7. The molecule has 2 atom stereocenters. The first-order valence-corrected chi connectivity index (χ1v) is 14.6. The van der Waals surface area contributed by atoms with Gasteiger partial charge >= 0.3 is 6.18 Å². The van der Waals surface area contributed by atoms with Crippen molar-refractivity contribution in [3.8, 4) is 0 Å². The molecule has 3 aliphatic heterocycles. The number of likely N-dealkylation sites (tertiary alicyclic amines) is 2. The molecular formula is C31H42F3N5O. The van der Waals surface area contributed by atoms with Crippen molar-refractivity contribution < 1.29 is 18.0 Å². The SMILES string of the molecule is CC(C)(C)c1ccc(N2CC3CN(CCCC(=O)N4CCC(Nc5ccnc(C(F)(F)F)c5)CC4)CC3C2)cc1. The number of aromatic nitrogens is 1. The normalized spacial score (nSPS) is 22.6. The maximum Gasteiger partial charge on any atom is 0.433 e. The zero-order valence-corrected chi connectivity index (χ0v) is 23.9. The van der Waals surface area contributed by atoms with Crippen molar-refractivity contribution in [1.29, 1.82) is 0 Å². The molecule has 0 aliphatic carbocycles. The van der Waals surface area contributed by atoms with Crippen LogP contribution in [0.25, 0.3) is 0 Å². The molecule has 9 heteroatoms. The third-order valence-electron chi connectivity index (χ3n) is 8.79. The van der Waals surface area contributed by atoms with Crippen molar-refractivity contribution in [2.24, 2.45) is 11.8 Å². The number of fused-ring (bicyclic) bond motifs is 1. The van der Waals surface area contributed by atoms with E-state index in [1.165, 1.54) is 17.4 Å². The van der Waals surface area contributed by atoms with E-state index in [9.17, 15) is 18.0 Å². The fourth-order valence-electron chi connectivity index (χ4n) is 6.45. The average molecular weight is 558 g/mol. The standard InChI is InChI=1S/C31H42F3N5O/c1-30(2,3)24-6-8-27(9-7-24)39-20-22-18-37(19-23(22)21-39)14-4-5-29(40)38-15-11-25(12-16-38)36-26-10-13-35-28(17-26)31(32,33)34/h6-10,13,17,22-23,25H,4-5,11-12,14-16,18-21H2,1-3H3,(H,35,36). The van der Waals surface area contributed by atoms with Crippen LogP contribution >= 0.6 is 0 Å². The number of anilines is 2. The Kier molecular flexibility index (Phi) is 8.32. The lowest BCUT2D eigenvalue weighted by atomic mass is 9.87. The number of rotatable bonds is 7. The molecule has 3 saturated heterocycles. The van der Waals surface area contributed by atoms with E-state index in [2.05, 4.69) is 65.1 Å². The number of hydrogen-bond acceptors (Lipinski definition) is 5. The molecule has 2 aromatic rings. The lowest BCUT2D eigenvalue weighted by Crippen LogP contribution is -2.42. The Morgan fingerprint density at radius 3 is 2.23 bits per heavy atom. The first kappa shape index (κ1) is 28.7. The molecule has 6 nitrogen and oxygen atoms in total. The highest BCUT2D eigenvalue weighted by Gasteiger charge is 2.40. The largest absolute Gasteiger partial charge is 0.433 e. The zero-order chi connectivity index (χ0) is 28.5. The molecule has 1 N–H and O–H groups in total. The fourth-order valence-corrected chi connectivity index (χ4v) is 6.45. The van der Waals surface area contributed by atoms with E-state index in [-0.39, 0.29) is 17.4 Å². The average Bonchev–Trinajstić information content (AvgIpc) is 3.47. The Bertz CT molecular complexity index is 1140. The first-order chi connectivity index (χ1) is 19.0. The molecule has 0 spiro atoms. The van der Waals surface area contributed by atoms with Crippen LogP contribution in [0.3, 0.4) is 0 Å². The minimum atomic E-state index is -4.46. The number of amides is 1. The summed E-state index contributed by atoms with van der Waals surface area (Å²) in [4.78, 5) is 23.2. The van der Waals surface area contributed by atoms with Gasteiger partial charge in [0.05, 0.1) is 0 Å². The third-order valence-corrected chi connectivity index (χ3v) is 8.79. The van der Waals surface area contributed by atoms with Gasteiger partial charge in [0.25, 0.3) is 0 Å². The van der Waals surface area contributed by atoms with Crippen LogP contribution in [0, 0.1) is 11.8 Å². The molecule has 1 amide bonds. The second kappa shape index (κ2) is 11.6. The quantitative estimate of drug-likeness (QED) is 0.477. The molecule has 0 saturated carbocycles. The topological polar surface area (TPSA) is 51.7 Å². The van der Waals surface area contributed by atoms with Gasteiger partial charge in [-0.15, -0.1) is 0 Å². The summed E-state index contributed by atoms with van der Waals surface area (Å²) < 4.78 is 38.8.